The number of alkyl carbamates (subject to hydrolysis) is 1. The molecule has 20 heavy (non-hydrogen) atoms. The smallest absolute Gasteiger partial charge is 0.408 e. The number of benzene rings is 1. The van der Waals surface area contributed by atoms with Gasteiger partial charge < -0.3 is 20.5 Å². The van der Waals surface area contributed by atoms with Crippen LogP contribution in [0.2, 0.25) is 0 Å². The predicted octanol–water partition coefficient (Wildman–Crippen LogP) is 0.502. The lowest BCUT2D eigenvalue weighted by atomic mass is 10.2. The van der Waals surface area contributed by atoms with Crippen LogP contribution < -0.4 is 10.6 Å². The third-order valence-corrected chi connectivity index (χ3v) is 2.36. The van der Waals surface area contributed by atoms with Crippen LogP contribution in [0, 0.1) is 0 Å². The third kappa shape index (κ3) is 5.85. The van der Waals surface area contributed by atoms with Crippen molar-refractivity contribution in [1.82, 2.24) is 10.6 Å². The van der Waals surface area contributed by atoms with Crippen LogP contribution in [-0.4, -0.2) is 35.7 Å². The van der Waals surface area contributed by atoms with Crippen molar-refractivity contribution in [2.75, 3.05) is 6.54 Å². The molecular formula is C13H16N2O5. The molecule has 7 heteroatoms. The van der Waals surface area contributed by atoms with Gasteiger partial charge in [0.25, 0.3) is 0 Å². The number of nitrogens with one attached hydrogen (secondary N) is 2. The molecule has 1 aromatic rings. The first kappa shape index (κ1) is 15.5. The molecule has 0 fully saturated rings. The van der Waals surface area contributed by atoms with Gasteiger partial charge in [-0.15, -0.1) is 0 Å². The van der Waals surface area contributed by atoms with Crippen LogP contribution in [0.3, 0.4) is 0 Å². The molecule has 0 aromatic heterocycles. The van der Waals surface area contributed by atoms with Crippen molar-refractivity contribution in [2.24, 2.45) is 0 Å². The van der Waals surface area contributed by atoms with Gasteiger partial charge in [0.1, 0.15) is 12.6 Å². The minimum atomic E-state index is -1.25. The molecule has 0 aliphatic heterocycles. The number of amides is 2. The zero-order valence-corrected chi connectivity index (χ0v) is 11.0. The van der Waals surface area contributed by atoms with Crippen LogP contribution in [0.15, 0.2) is 30.3 Å². The Balaban J connectivity index is 2.41. The maximum absolute atomic E-state index is 11.5. The zero-order valence-electron chi connectivity index (χ0n) is 11.0. The standard InChI is InChI=1S/C13H16N2O5/c1-9(16)14-7-11(12(17)18)15-13(19)20-8-10-5-3-2-4-6-10/h2-6,11H,7-8H2,1H3,(H,14,16)(H,15,19)(H,17,18)/t11-/m0/s1. The summed E-state index contributed by atoms with van der Waals surface area (Å²) >= 11 is 0. The van der Waals surface area contributed by atoms with Crippen LogP contribution >= 0.6 is 0 Å². The first-order chi connectivity index (χ1) is 9.49. The Morgan fingerprint density at radius 1 is 1.25 bits per heavy atom. The van der Waals surface area contributed by atoms with Crippen molar-refractivity contribution in [3.05, 3.63) is 35.9 Å². The van der Waals surface area contributed by atoms with Gasteiger partial charge in [0.05, 0.1) is 0 Å². The van der Waals surface area contributed by atoms with Gasteiger partial charge in [-0.1, -0.05) is 30.3 Å². The van der Waals surface area contributed by atoms with Crippen molar-refractivity contribution in [3.8, 4) is 0 Å². The maximum Gasteiger partial charge on any atom is 0.408 e. The SMILES string of the molecule is CC(=O)NC[C@H](NC(=O)OCc1ccccc1)C(=O)O. The first-order valence-corrected chi connectivity index (χ1v) is 5.93. The molecule has 0 aliphatic rings. The fourth-order valence-electron chi connectivity index (χ4n) is 1.35. The summed E-state index contributed by atoms with van der Waals surface area (Å²) < 4.78 is 4.89. The molecule has 1 rings (SSSR count). The van der Waals surface area contributed by atoms with Crippen molar-refractivity contribution in [1.29, 1.82) is 0 Å². The van der Waals surface area contributed by atoms with Crippen molar-refractivity contribution in [2.45, 2.75) is 19.6 Å². The van der Waals surface area contributed by atoms with Gasteiger partial charge in [-0.05, 0) is 5.56 Å². The highest BCUT2D eigenvalue weighted by Gasteiger charge is 2.20. The van der Waals surface area contributed by atoms with E-state index in [1.165, 1.54) is 6.92 Å². The summed E-state index contributed by atoms with van der Waals surface area (Å²) in [6, 6.07) is 7.75. The van der Waals surface area contributed by atoms with E-state index in [0.29, 0.717) is 0 Å². The minimum absolute atomic E-state index is 0.0408. The number of hydrogen-bond acceptors (Lipinski definition) is 4. The van der Waals surface area contributed by atoms with E-state index in [1.54, 1.807) is 24.3 Å². The Bertz CT molecular complexity index is 475. The summed E-state index contributed by atoms with van der Waals surface area (Å²) in [7, 11) is 0. The van der Waals surface area contributed by atoms with E-state index in [4.69, 9.17) is 9.84 Å². The molecule has 3 N–H and O–H groups in total. The third-order valence-electron chi connectivity index (χ3n) is 2.36. The fourth-order valence-corrected chi connectivity index (χ4v) is 1.35. The molecular weight excluding hydrogens is 264 g/mol. The summed E-state index contributed by atoms with van der Waals surface area (Å²) in [5.74, 6) is -1.63. The second kappa shape index (κ2) is 7.78. The van der Waals surface area contributed by atoms with E-state index >= 15 is 0 Å². The maximum atomic E-state index is 11.5. The molecule has 2 amide bonds. The van der Waals surface area contributed by atoms with Crippen LogP contribution in [0.25, 0.3) is 0 Å². The number of carboxylic acids is 1. The second-order valence-corrected chi connectivity index (χ2v) is 4.03. The summed E-state index contributed by atoms with van der Waals surface area (Å²) in [5.41, 5.74) is 0.788. The van der Waals surface area contributed by atoms with Crippen LogP contribution in [0.4, 0.5) is 4.79 Å². The van der Waals surface area contributed by atoms with E-state index in [9.17, 15) is 14.4 Å². The molecule has 1 aromatic carbocycles. The molecule has 0 saturated carbocycles. The normalized spacial score (nSPS) is 11.2. The molecule has 0 saturated heterocycles. The number of aliphatic carboxylic acids is 1. The summed E-state index contributed by atoms with van der Waals surface area (Å²) in [6.45, 7) is 1.09. The van der Waals surface area contributed by atoms with E-state index in [1.807, 2.05) is 6.07 Å². The number of hydrogen-bond donors (Lipinski definition) is 3. The van der Waals surface area contributed by atoms with Crippen LogP contribution in [-0.2, 0) is 20.9 Å². The Morgan fingerprint density at radius 3 is 2.45 bits per heavy atom. The highest BCUT2D eigenvalue weighted by atomic mass is 16.5. The van der Waals surface area contributed by atoms with Crippen molar-refractivity contribution in [3.63, 3.8) is 0 Å². The number of carboxylic acid groups (broad SMARTS) is 1. The van der Waals surface area contributed by atoms with Gasteiger partial charge in [-0.2, -0.15) is 0 Å². The number of carbonyl (C=O) groups is 3. The first-order valence-electron chi connectivity index (χ1n) is 5.93. The lowest BCUT2D eigenvalue weighted by molar-refractivity contribution is -0.139. The average Bonchev–Trinajstić information content (AvgIpc) is 2.41. The van der Waals surface area contributed by atoms with Gasteiger partial charge in [0, 0.05) is 13.5 Å². The van der Waals surface area contributed by atoms with Gasteiger partial charge >= 0.3 is 12.1 Å². The Kier molecular flexibility index (Phi) is 6.02. The monoisotopic (exact) mass is 280 g/mol. The molecule has 108 valence electrons. The molecule has 0 aliphatic carbocycles. The number of ether oxygens (including phenoxy) is 1. The highest BCUT2D eigenvalue weighted by molar-refractivity contribution is 5.81. The van der Waals surface area contributed by atoms with E-state index in [-0.39, 0.29) is 19.1 Å². The highest BCUT2D eigenvalue weighted by Crippen LogP contribution is 2.00. The molecule has 1 atom stereocenters. The molecule has 0 heterocycles. The van der Waals surface area contributed by atoms with Gasteiger partial charge in [-0.25, -0.2) is 9.59 Å². The van der Waals surface area contributed by atoms with E-state index < -0.39 is 18.1 Å². The van der Waals surface area contributed by atoms with Gasteiger partial charge in [0.2, 0.25) is 5.91 Å². The van der Waals surface area contributed by atoms with Crippen molar-refractivity contribution < 1.29 is 24.2 Å². The molecule has 0 radical (unpaired) electrons. The lowest BCUT2D eigenvalue weighted by Gasteiger charge is -2.14. The van der Waals surface area contributed by atoms with Crippen molar-refractivity contribution >= 4 is 18.0 Å². The predicted molar refractivity (Wildman–Crippen MR) is 69.9 cm³/mol. The minimum Gasteiger partial charge on any atom is -0.480 e. The molecule has 0 bridgehead atoms. The number of rotatable bonds is 6. The van der Waals surface area contributed by atoms with E-state index in [2.05, 4.69) is 10.6 Å². The Morgan fingerprint density at radius 2 is 1.90 bits per heavy atom. The summed E-state index contributed by atoms with van der Waals surface area (Å²) in [6.07, 6.45) is -0.855. The lowest BCUT2D eigenvalue weighted by Crippen LogP contribution is -2.48. The average molecular weight is 280 g/mol. The number of carbonyl (C=O) groups excluding carboxylic acids is 2. The van der Waals surface area contributed by atoms with Gasteiger partial charge in [0.15, 0.2) is 0 Å². The topological polar surface area (TPSA) is 105 Å². The fraction of sp³-hybridized carbons (Fsp3) is 0.308. The largest absolute Gasteiger partial charge is 0.480 e. The Hall–Kier alpha value is -2.57. The zero-order chi connectivity index (χ0) is 15.0. The molecule has 7 nitrogen and oxygen atoms in total. The van der Waals surface area contributed by atoms with Crippen LogP contribution in [0.1, 0.15) is 12.5 Å². The second-order valence-electron chi connectivity index (χ2n) is 4.03. The van der Waals surface area contributed by atoms with Gasteiger partial charge in [-0.3, -0.25) is 4.79 Å². The summed E-state index contributed by atoms with van der Waals surface area (Å²) in [5, 5.41) is 13.4. The summed E-state index contributed by atoms with van der Waals surface area (Å²) in [4.78, 5) is 33.1. The van der Waals surface area contributed by atoms with E-state index in [0.717, 1.165) is 5.56 Å². The molecule has 0 spiro atoms. The quantitative estimate of drug-likeness (QED) is 0.704. The van der Waals surface area contributed by atoms with Crippen LogP contribution in [0.5, 0.6) is 0 Å². The Labute approximate surface area is 115 Å². The molecule has 0 unspecified atom stereocenters.